The molecule has 1 aliphatic rings. The molecule has 1 aromatic rings. The van der Waals surface area contributed by atoms with Crippen LogP contribution in [0.25, 0.3) is 0 Å². The summed E-state index contributed by atoms with van der Waals surface area (Å²) in [7, 11) is 1.53. The number of aromatic nitrogens is 1. The van der Waals surface area contributed by atoms with Crippen LogP contribution in [0.2, 0.25) is 0 Å². The number of carbonyl (C=O) groups excluding carboxylic acids is 2. The third-order valence-electron chi connectivity index (χ3n) is 4.62. The van der Waals surface area contributed by atoms with E-state index in [1.165, 1.54) is 13.3 Å². The van der Waals surface area contributed by atoms with Gasteiger partial charge < -0.3 is 20.1 Å². The maximum absolute atomic E-state index is 12.5. The van der Waals surface area contributed by atoms with Gasteiger partial charge in [-0.25, -0.2) is 9.78 Å². The maximum Gasteiger partial charge on any atom is 0.408 e. The summed E-state index contributed by atoms with van der Waals surface area (Å²) in [6.45, 7) is 5.87. The maximum atomic E-state index is 12.5. The quantitative estimate of drug-likeness (QED) is 0.767. The van der Waals surface area contributed by atoms with Crippen molar-refractivity contribution in [3.8, 4) is 5.88 Å². The Morgan fingerprint density at radius 2 is 1.81 bits per heavy atom. The first-order chi connectivity index (χ1) is 12.7. The molecule has 27 heavy (non-hydrogen) atoms. The van der Waals surface area contributed by atoms with Crippen LogP contribution in [0, 0.1) is 0 Å². The van der Waals surface area contributed by atoms with Gasteiger partial charge in [-0.3, -0.25) is 4.79 Å². The Morgan fingerprint density at radius 1 is 1.15 bits per heavy atom. The first-order valence-corrected chi connectivity index (χ1v) is 9.52. The van der Waals surface area contributed by atoms with Gasteiger partial charge in [0.15, 0.2) is 0 Å². The van der Waals surface area contributed by atoms with Crippen molar-refractivity contribution in [2.24, 2.45) is 0 Å². The molecule has 7 heteroatoms. The molecule has 7 nitrogen and oxygen atoms in total. The summed E-state index contributed by atoms with van der Waals surface area (Å²) in [5.41, 5.74) is -0.598. The van der Waals surface area contributed by atoms with E-state index >= 15 is 0 Å². The van der Waals surface area contributed by atoms with E-state index in [4.69, 9.17) is 9.47 Å². The number of hydrogen-bond donors (Lipinski definition) is 2. The van der Waals surface area contributed by atoms with Crippen molar-refractivity contribution in [2.45, 2.75) is 70.4 Å². The van der Waals surface area contributed by atoms with Crippen molar-refractivity contribution in [2.75, 3.05) is 13.7 Å². The summed E-state index contributed by atoms with van der Waals surface area (Å²) in [6.07, 6.45) is 6.95. The topological polar surface area (TPSA) is 89.6 Å². The Morgan fingerprint density at radius 3 is 2.33 bits per heavy atom. The van der Waals surface area contributed by atoms with Crippen LogP contribution in [0.15, 0.2) is 18.3 Å². The Bertz CT molecular complexity index is 630. The van der Waals surface area contributed by atoms with Gasteiger partial charge in [0, 0.05) is 18.8 Å². The number of nitrogens with zero attached hydrogens (tertiary/aromatic N) is 1. The third-order valence-corrected chi connectivity index (χ3v) is 4.62. The summed E-state index contributed by atoms with van der Waals surface area (Å²) < 4.78 is 10.4. The van der Waals surface area contributed by atoms with E-state index in [1.807, 2.05) is 20.8 Å². The SMILES string of the molecule is COc1ccc(C(=O)NCC2(NC(=O)OC(C)(C)C)CCCCCC2)cn1. The van der Waals surface area contributed by atoms with Gasteiger partial charge in [0.25, 0.3) is 5.91 Å². The zero-order valence-corrected chi connectivity index (χ0v) is 16.8. The molecule has 1 aliphatic carbocycles. The fourth-order valence-electron chi connectivity index (χ4n) is 3.26. The van der Waals surface area contributed by atoms with Gasteiger partial charge in [-0.2, -0.15) is 0 Å². The van der Waals surface area contributed by atoms with E-state index < -0.39 is 17.2 Å². The molecule has 0 atom stereocenters. The summed E-state index contributed by atoms with van der Waals surface area (Å²) in [6, 6.07) is 3.32. The number of alkyl carbamates (subject to hydrolysis) is 1. The van der Waals surface area contributed by atoms with Crippen LogP contribution in [-0.2, 0) is 4.74 Å². The minimum Gasteiger partial charge on any atom is -0.481 e. The molecular formula is C20H31N3O4. The Balaban J connectivity index is 2.04. The molecule has 0 saturated heterocycles. The number of ether oxygens (including phenoxy) is 2. The monoisotopic (exact) mass is 377 g/mol. The van der Waals surface area contributed by atoms with Crippen LogP contribution in [0.3, 0.4) is 0 Å². The second-order valence-corrected chi connectivity index (χ2v) is 8.09. The van der Waals surface area contributed by atoms with E-state index in [9.17, 15) is 9.59 Å². The van der Waals surface area contributed by atoms with Gasteiger partial charge in [0.1, 0.15) is 5.60 Å². The fourth-order valence-corrected chi connectivity index (χ4v) is 3.26. The number of amides is 2. The smallest absolute Gasteiger partial charge is 0.408 e. The zero-order valence-electron chi connectivity index (χ0n) is 16.8. The molecule has 0 aromatic carbocycles. The minimum absolute atomic E-state index is 0.222. The van der Waals surface area contributed by atoms with E-state index in [0.29, 0.717) is 18.0 Å². The molecule has 0 bridgehead atoms. The summed E-state index contributed by atoms with van der Waals surface area (Å²) in [5, 5.41) is 6.00. The van der Waals surface area contributed by atoms with Gasteiger partial charge in [-0.1, -0.05) is 25.7 Å². The number of pyridine rings is 1. The molecule has 2 rings (SSSR count). The lowest BCUT2D eigenvalue weighted by Gasteiger charge is -2.35. The number of rotatable bonds is 5. The van der Waals surface area contributed by atoms with Gasteiger partial charge in [0.05, 0.1) is 18.2 Å². The predicted octanol–water partition coefficient (Wildman–Crippen LogP) is 3.44. The van der Waals surface area contributed by atoms with Crippen LogP contribution >= 0.6 is 0 Å². The Kier molecular flexibility index (Phi) is 7.05. The second-order valence-electron chi connectivity index (χ2n) is 8.09. The molecule has 1 heterocycles. The third kappa shape index (κ3) is 6.73. The average Bonchev–Trinajstić information content (AvgIpc) is 2.84. The van der Waals surface area contributed by atoms with Gasteiger partial charge in [-0.05, 0) is 39.7 Å². The van der Waals surface area contributed by atoms with E-state index in [-0.39, 0.29) is 5.91 Å². The second kappa shape index (κ2) is 9.06. The van der Waals surface area contributed by atoms with Gasteiger partial charge in [0.2, 0.25) is 5.88 Å². The summed E-state index contributed by atoms with van der Waals surface area (Å²) >= 11 is 0. The first-order valence-electron chi connectivity index (χ1n) is 9.52. The molecule has 0 unspecified atom stereocenters. The molecule has 2 N–H and O–H groups in total. The largest absolute Gasteiger partial charge is 0.481 e. The molecular weight excluding hydrogens is 346 g/mol. The minimum atomic E-state index is -0.561. The van der Waals surface area contributed by atoms with E-state index in [0.717, 1.165) is 38.5 Å². The van der Waals surface area contributed by atoms with Crippen molar-refractivity contribution in [1.82, 2.24) is 15.6 Å². The zero-order chi connectivity index (χ0) is 19.9. The average molecular weight is 377 g/mol. The van der Waals surface area contributed by atoms with Crippen LogP contribution in [0.5, 0.6) is 5.88 Å². The van der Waals surface area contributed by atoms with E-state index in [2.05, 4.69) is 15.6 Å². The van der Waals surface area contributed by atoms with Crippen molar-refractivity contribution in [3.05, 3.63) is 23.9 Å². The standard InChI is InChI=1S/C20H31N3O4/c1-19(2,3)27-18(25)23-20(11-7-5-6-8-12-20)14-22-17(24)15-9-10-16(26-4)21-13-15/h9-10,13H,5-8,11-12,14H2,1-4H3,(H,22,24)(H,23,25). The van der Waals surface area contributed by atoms with E-state index in [1.54, 1.807) is 12.1 Å². The molecule has 0 radical (unpaired) electrons. The van der Waals surface area contributed by atoms with Gasteiger partial charge in [-0.15, -0.1) is 0 Å². The first kappa shape index (κ1) is 21.0. The van der Waals surface area contributed by atoms with Crippen molar-refractivity contribution < 1.29 is 19.1 Å². The van der Waals surface area contributed by atoms with Crippen molar-refractivity contribution >= 4 is 12.0 Å². The fraction of sp³-hybridized carbons (Fsp3) is 0.650. The highest BCUT2D eigenvalue weighted by molar-refractivity contribution is 5.94. The molecule has 0 spiro atoms. The molecule has 150 valence electrons. The lowest BCUT2D eigenvalue weighted by atomic mass is 9.90. The van der Waals surface area contributed by atoms with Crippen molar-refractivity contribution in [3.63, 3.8) is 0 Å². The van der Waals surface area contributed by atoms with Crippen molar-refractivity contribution in [1.29, 1.82) is 0 Å². The highest BCUT2D eigenvalue weighted by Crippen LogP contribution is 2.27. The lowest BCUT2D eigenvalue weighted by molar-refractivity contribution is 0.0437. The van der Waals surface area contributed by atoms with Crippen LogP contribution in [-0.4, -0.2) is 41.8 Å². The lowest BCUT2D eigenvalue weighted by Crippen LogP contribution is -2.56. The normalized spacial score (nSPS) is 16.7. The van der Waals surface area contributed by atoms with Crippen LogP contribution in [0.4, 0.5) is 4.79 Å². The Labute approximate surface area is 161 Å². The highest BCUT2D eigenvalue weighted by atomic mass is 16.6. The number of hydrogen-bond acceptors (Lipinski definition) is 5. The molecule has 2 amide bonds. The molecule has 1 saturated carbocycles. The number of methoxy groups -OCH3 is 1. The van der Waals surface area contributed by atoms with Crippen LogP contribution < -0.4 is 15.4 Å². The Hall–Kier alpha value is -2.31. The van der Waals surface area contributed by atoms with Gasteiger partial charge >= 0.3 is 6.09 Å². The molecule has 0 aliphatic heterocycles. The number of carbonyl (C=O) groups is 2. The number of nitrogens with one attached hydrogen (secondary N) is 2. The highest BCUT2D eigenvalue weighted by Gasteiger charge is 2.34. The summed E-state index contributed by atoms with van der Waals surface area (Å²) in [5.74, 6) is 0.234. The van der Waals surface area contributed by atoms with Crippen LogP contribution in [0.1, 0.15) is 69.7 Å². The summed E-state index contributed by atoms with van der Waals surface area (Å²) in [4.78, 5) is 28.9. The predicted molar refractivity (Wildman–Crippen MR) is 103 cm³/mol. The molecule has 1 fully saturated rings. The molecule has 1 aromatic heterocycles.